The molecule has 4 amide bonds. The molecule has 0 atom stereocenters. The number of nitrogens with zero attached hydrogens (tertiary/aromatic N) is 6. The second-order valence-electron chi connectivity index (χ2n) is 12.7. The number of rotatable bonds is 11. The van der Waals surface area contributed by atoms with E-state index in [1.807, 2.05) is 0 Å². The molecule has 0 saturated heterocycles. The van der Waals surface area contributed by atoms with Gasteiger partial charge < -0.3 is 28.4 Å². The predicted molar refractivity (Wildman–Crippen MR) is 193 cm³/mol. The van der Waals surface area contributed by atoms with E-state index in [1.54, 1.807) is 41.5 Å². The highest BCUT2D eigenvalue weighted by atomic mass is 35.5. The van der Waals surface area contributed by atoms with Crippen LogP contribution >= 0.6 is 23.2 Å². The van der Waals surface area contributed by atoms with Crippen molar-refractivity contribution in [3.63, 3.8) is 0 Å². The Kier molecular flexibility index (Phi) is 13.4. The Labute approximate surface area is 310 Å². The van der Waals surface area contributed by atoms with Crippen LogP contribution in [0.25, 0.3) is 0 Å². The van der Waals surface area contributed by atoms with Crippen molar-refractivity contribution in [1.82, 2.24) is 9.97 Å². The van der Waals surface area contributed by atoms with Gasteiger partial charge in [-0.3, -0.25) is 15.0 Å². The van der Waals surface area contributed by atoms with E-state index in [1.165, 1.54) is 52.6 Å². The van der Waals surface area contributed by atoms with Gasteiger partial charge in [-0.15, -0.1) is 0 Å². The van der Waals surface area contributed by atoms with E-state index in [0.29, 0.717) is 4.90 Å². The number of nitro benzene ring substituents is 1. The van der Waals surface area contributed by atoms with Crippen molar-refractivity contribution in [2.24, 2.45) is 0 Å². The topological polar surface area (TPSA) is 185 Å². The van der Waals surface area contributed by atoms with E-state index in [2.05, 4.69) is 9.97 Å². The minimum atomic E-state index is -1.17. The molecule has 0 fully saturated rings. The smallest absolute Gasteiger partial charge is 0.423 e. The molecule has 19 heteroatoms. The summed E-state index contributed by atoms with van der Waals surface area (Å²) >= 11 is 13.2. The zero-order chi connectivity index (χ0) is 39.1. The first-order valence-corrected chi connectivity index (χ1v) is 16.2. The number of carbonyl (C=O) groups excluding carboxylic acids is 3. The van der Waals surface area contributed by atoms with Crippen molar-refractivity contribution in [3.8, 4) is 17.2 Å². The maximum absolute atomic E-state index is 14.3. The molecule has 0 bridgehead atoms. The Morgan fingerprint density at radius 1 is 0.827 bits per heavy atom. The number of urea groups is 1. The molecular formula is C33H40Cl2N6O11. The summed E-state index contributed by atoms with van der Waals surface area (Å²) < 4.78 is 32.3. The monoisotopic (exact) mass is 766 g/mol. The van der Waals surface area contributed by atoms with E-state index in [0.717, 1.165) is 22.2 Å². The SMILES string of the molecule is COCCOc1ccc(N(C(=O)OC(C)(C)C)c2cc(N(C)C(=O)N(C(=O)OC(C)(C)C)c3c(Cl)c(OC)cc(OC)c3Cl)ncn2)c([N+](=O)[O-])c1. The minimum Gasteiger partial charge on any atom is -0.495 e. The van der Waals surface area contributed by atoms with Crippen molar-refractivity contribution in [2.45, 2.75) is 52.7 Å². The summed E-state index contributed by atoms with van der Waals surface area (Å²) in [5, 5.41) is 11.9. The molecule has 52 heavy (non-hydrogen) atoms. The lowest BCUT2D eigenvalue weighted by Gasteiger charge is -2.31. The van der Waals surface area contributed by atoms with Gasteiger partial charge in [0.2, 0.25) is 0 Å². The maximum Gasteiger partial charge on any atom is 0.423 e. The van der Waals surface area contributed by atoms with Crippen LogP contribution in [0.5, 0.6) is 17.2 Å². The normalized spacial score (nSPS) is 11.3. The van der Waals surface area contributed by atoms with E-state index in [4.69, 9.17) is 51.6 Å². The Morgan fingerprint density at radius 3 is 1.90 bits per heavy atom. The van der Waals surface area contributed by atoms with Crippen molar-refractivity contribution in [1.29, 1.82) is 0 Å². The number of hydrogen-bond donors (Lipinski definition) is 0. The number of imide groups is 1. The van der Waals surface area contributed by atoms with Gasteiger partial charge in [-0.1, -0.05) is 23.2 Å². The summed E-state index contributed by atoms with van der Waals surface area (Å²) in [5.74, 6) is -0.231. The number of hydrogen-bond acceptors (Lipinski definition) is 13. The van der Waals surface area contributed by atoms with Crippen LogP contribution in [0.4, 0.5) is 43.1 Å². The zero-order valence-electron chi connectivity index (χ0n) is 30.3. The number of methoxy groups -OCH3 is 3. The molecule has 1 aromatic heterocycles. The molecular weight excluding hydrogens is 727 g/mol. The Morgan fingerprint density at radius 2 is 1.38 bits per heavy atom. The third kappa shape index (κ3) is 10.0. The Bertz CT molecular complexity index is 1790. The van der Waals surface area contributed by atoms with Crippen LogP contribution in [0.2, 0.25) is 10.0 Å². The number of nitro groups is 1. The number of halogens is 2. The summed E-state index contributed by atoms with van der Waals surface area (Å²) in [6, 6.07) is 5.30. The number of carbonyl (C=O) groups is 3. The van der Waals surface area contributed by atoms with Crippen LogP contribution in [0.15, 0.2) is 36.7 Å². The number of aromatic nitrogens is 2. The van der Waals surface area contributed by atoms with Crippen LogP contribution in [0.1, 0.15) is 41.5 Å². The quantitative estimate of drug-likeness (QED) is 0.105. The van der Waals surface area contributed by atoms with Gasteiger partial charge in [-0.25, -0.2) is 29.3 Å². The number of benzene rings is 2. The molecule has 2 aromatic carbocycles. The zero-order valence-corrected chi connectivity index (χ0v) is 31.8. The van der Waals surface area contributed by atoms with Gasteiger partial charge >= 0.3 is 18.2 Å². The number of ether oxygens (including phenoxy) is 6. The van der Waals surface area contributed by atoms with Gasteiger partial charge in [-0.2, -0.15) is 4.90 Å². The van der Waals surface area contributed by atoms with E-state index in [9.17, 15) is 24.5 Å². The van der Waals surface area contributed by atoms with Crippen LogP contribution in [-0.2, 0) is 14.2 Å². The standard InChI is InChI=1S/C33H40Cl2N6O11/c1-32(2,3)51-30(43)39(20-12-11-19(50-14-13-47-8)15-21(20)41(45)46)25-17-24(36-18-37-25)38(7)29(42)40(31(44)52-33(4,5)6)28-26(34)22(48-9)16-23(49-10)27(28)35/h11-12,15-18H,13-14H2,1-10H3. The van der Waals surface area contributed by atoms with E-state index < -0.39 is 40.0 Å². The lowest BCUT2D eigenvalue weighted by atomic mass is 10.2. The fraction of sp³-hybridized carbons (Fsp3) is 0.424. The van der Waals surface area contributed by atoms with Gasteiger partial charge in [0.25, 0.3) is 5.69 Å². The average Bonchev–Trinajstić information content (AvgIpc) is 3.05. The summed E-state index contributed by atoms with van der Waals surface area (Å²) in [4.78, 5) is 64.0. The van der Waals surface area contributed by atoms with Gasteiger partial charge in [0, 0.05) is 26.3 Å². The second-order valence-corrected chi connectivity index (χ2v) is 13.5. The first-order valence-electron chi connectivity index (χ1n) is 15.4. The summed E-state index contributed by atoms with van der Waals surface area (Å²) in [6.45, 7) is 9.93. The highest BCUT2D eigenvalue weighted by molar-refractivity contribution is 6.43. The molecule has 0 aliphatic carbocycles. The largest absolute Gasteiger partial charge is 0.495 e. The van der Waals surface area contributed by atoms with Crippen LogP contribution in [-0.4, -0.2) is 85.9 Å². The lowest BCUT2D eigenvalue weighted by molar-refractivity contribution is -0.384. The van der Waals surface area contributed by atoms with Crippen molar-refractivity contribution in [3.05, 3.63) is 56.8 Å². The van der Waals surface area contributed by atoms with Gasteiger partial charge in [0.1, 0.15) is 74.4 Å². The fourth-order valence-corrected chi connectivity index (χ4v) is 5.00. The Balaban J connectivity index is 2.22. The van der Waals surface area contributed by atoms with Gasteiger partial charge in [0.15, 0.2) is 0 Å². The average molecular weight is 768 g/mol. The van der Waals surface area contributed by atoms with E-state index >= 15 is 0 Å². The second kappa shape index (κ2) is 16.9. The van der Waals surface area contributed by atoms with Crippen molar-refractivity contribution < 1.29 is 47.7 Å². The molecule has 0 saturated carbocycles. The molecule has 3 aromatic rings. The van der Waals surface area contributed by atoms with Crippen LogP contribution < -0.4 is 28.9 Å². The molecule has 282 valence electrons. The highest BCUT2D eigenvalue weighted by Crippen LogP contribution is 2.47. The van der Waals surface area contributed by atoms with Crippen LogP contribution in [0.3, 0.4) is 0 Å². The fourth-order valence-electron chi connectivity index (χ4n) is 4.33. The molecule has 0 spiro atoms. The van der Waals surface area contributed by atoms with Gasteiger partial charge in [-0.05, 0) is 53.7 Å². The highest BCUT2D eigenvalue weighted by Gasteiger charge is 2.38. The first-order chi connectivity index (χ1) is 24.2. The molecule has 0 aliphatic rings. The molecule has 3 rings (SSSR count). The molecule has 0 radical (unpaired) electrons. The summed E-state index contributed by atoms with van der Waals surface area (Å²) in [5.41, 5.74) is -3.21. The first kappa shape index (κ1) is 41.3. The Hall–Kier alpha value is -5.13. The number of anilines is 4. The molecule has 0 aliphatic heterocycles. The third-order valence-electron chi connectivity index (χ3n) is 6.56. The molecule has 0 N–H and O–H groups in total. The van der Waals surface area contributed by atoms with E-state index in [-0.39, 0.29) is 63.5 Å². The number of amides is 4. The molecule has 17 nitrogen and oxygen atoms in total. The van der Waals surface area contributed by atoms with Crippen LogP contribution in [0, 0.1) is 10.1 Å². The van der Waals surface area contributed by atoms with Crippen molar-refractivity contribution in [2.75, 3.05) is 56.3 Å². The van der Waals surface area contributed by atoms with Crippen molar-refractivity contribution >= 4 is 70.1 Å². The summed E-state index contributed by atoms with van der Waals surface area (Å²) in [7, 11) is 5.37. The minimum absolute atomic E-state index is 0.0240. The molecule has 0 unspecified atom stereocenters. The predicted octanol–water partition coefficient (Wildman–Crippen LogP) is 7.81. The lowest BCUT2D eigenvalue weighted by Crippen LogP contribution is -2.47. The maximum atomic E-state index is 14.3. The third-order valence-corrected chi connectivity index (χ3v) is 7.29. The molecule has 1 heterocycles. The van der Waals surface area contributed by atoms with Gasteiger partial charge in [0.05, 0.1) is 31.8 Å². The summed E-state index contributed by atoms with van der Waals surface area (Å²) in [6.07, 6.45) is -1.21.